The number of halogens is 2. The van der Waals surface area contributed by atoms with Crippen LogP contribution in [0.1, 0.15) is 30.1 Å². The van der Waals surface area contributed by atoms with Crippen LogP contribution in [0.25, 0.3) is 0 Å². The van der Waals surface area contributed by atoms with Crippen LogP contribution in [0.3, 0.4) is 0 Å². The number of rotatable bonds is 2. The Bertz CT molecular complexity index is 402. The van der Waals surface area contributed by atoms with Gasteiger partial charge in [-0.05, 0) is 57.1 Å². The predicted octanol–water partition coefficient (Wildman–Crippen LogP) is 2.74. The van der Waals surface area contributed by atoms with Gasteiger partial charge in [-0.25, -0.2) is 0 Å². The number of benzene rings is 1. The van der Waals surface area contributed by atoms with E-state index < -0.39 is 0 Å². The maximum absolute atomic E-state index is 12.1. The van der Waals surface area contributed by atoms with Crippen molar-refractivity contribution < 1.29 is 4.79 Å². The molecule has 1 heterocycles. The van der Waals surface area contributed by atoms with Crippen LogP contribution in [0, 0.1) is 0 Å². The molecule has 1 aliphatic heterocycles. The lowest BCUT2D eigenvalue weighted by Crippen LogP contribution is -2.52. The molecule has 1 aromatic carbocycles. The van der Waals surface area contributed by atoms with Gasteiger partial charge in [0.25, 0.3) is 5.91 Å². The first-order chi connectivity index (χ1) is 8.09. The number of amides is 1. The van der Waals surface area contributed by atoms with Crippen molar-refractivity contribution in [3.8, 4) is 0 Å². The molecule has 18 heavy (non-hydrogen) atoms. The van der Waals surface area contributed by atoms with Gasteiger partial charge in [0.15, 0.2) is 0 Å². The highest BCUT2D eigenvalue weighted by atomic mass is 79.9. The fraction of sp³-hybridized carbons (Fsp3) is 0.462. The number of nitrogens with one attached hydrogen (secondary N) is 2. The van der Waals surface area contributed by atoms with Gasteiger partial charge in [0.2, 0.25) is 0 Å². The van der Waals surface area contributed by atoms with E-state index in [2.05, 4.69) is 33.5 Å². The van der Waals surface area contributed by atoms with Crippen molar-refractivity contribution >= 4 is 34.2 Å². The Balaban J connectivity index is 0.00000162. The fourth-order valence-electron chi connectivity index (χ4n) is 2.05. The molecule has 3 nitrogen and oxygen atoms in total. The quantitative estimate of drug-likeness (QED) is 0.874. The average molecular weight is 334 g/mol. The molecule has 0 aliphatic carbocycles. The van der Waals surface area contributed by atoms with Gasteiger partial charge < -0.3 is 10.6 Å². The van der Waals surface area contributed by atoms with E-state index in [0.29, 0.717) is 5.56 Å². The molecule has 0 atom stereocenters. The summed E-state index contributed by atoms with van der Waals surface area (Å²) in [4.78, 5) is 12.1. The summed E-state index contributed by atoms with van der Waals surface area (Å²) in [6.07, 6.45) is 1.96. The monoisotopic (exact) mass is 332 g/mol. The van der Waals surface area contributed by atoms with Gasteiger partial charge in [0.05, 0.1) is 0 Å². The van der Waals surface area contributed by atoms with Crippen LogP contribution in [0.5, 0.6) is 0 Å². The lowest BCUT2D eigenvalue weighted by molar-refractivity contribution is 0.0887. The molecule has 0 bridgehead atoms. The first kappa shape index (κ1) is 15.5. The summed E-state index contributed by atoms with van der Waals surface area (Å²) in [5.74, 6) is 0.0156. The molecule has 2 N–H and O–H groups in total. The minimum Gasteiger partial charge on any atom is -0.347 e. The van der Waals surface area contributed by atoms with Gasteiger partial charge in [0.1, 0.15) is 0 Å². The van der Waals surface area contributed by atoms with E-state index in [1.807, 2.05) is 24.3 Å². The largest absolute Gasteiger partial charge is 0.347 e. The maximum atomic E-state index is 12.1. The summed E-state index contributed by atoms with van der Waals surface area (Å²) >= 11 is 3.36. The second-order valence-electron chi connectivity index (χ2n) is 4.77. The van der Waals surface area contributed by atoms with Crippen molar-refractivity contribution in [3.05, 3.63) is 34.3 Å². The number of piperidine rings is 1. The number of carbonyl (C=O) groups excluding carboxylic acids is 1. The van der Waals surface area contributed by atoms with Gasteiger partial charge in [-0.3, -0.25) is 4.79 Å². The van der Waals surface area contributed by atoms with Crippen molar-refractivity contribution in [2.24, 2.45) is 0 Å². The summed E-state index contributed by atoms with van der Waals surface area (Å²) in [6, 6.07) is 7.45. The highest BCUT2D eigenvalue weighted by Crippen LogP contribution is 2.18. The van der Waals surface area contributed by atoms with Crippen molar-refractivity contribution in [2.45, 2.75) is 25.3 Å². The van der Waals surface area contributed by atoms with E-state index >= 15 is 0 Å². The Morgan fingerprint density at radius 1 is 1.28 bits per heavy atom. The fourth-order valence-corrected chi connectivity index (χ4v) is 2.32. The predicted molar refractivity (Wildman–Crippen MR) is 79.4 cm³/mol. The molecular formula is C13H18BrClN2O. The molecule has 0 saturated carbocycles. The zero-order valence-corrected chi connectivity index (χ0v) is 12.7. The molecule has 1 fully saturated rings. The minimum atomic E-state index is -0.0740. The molecular weight excluding hydrogens is 316 g/mol. The maximum Gasteiger partial charge on any atom is 0.251 e. The Kier molecular flexibility index (Phi) is 5.63. The second-order valence-corrected chi connectivity index (χ2v) is 5.69. The van der Waals surface area contributed by atoms with Crippen LogP contribution >= 0.6 is 28.3 Å². The summed E-state index contributed by atoms with van der Waals surface area (Å²) in [7, 11) is 0. The van der Waals surface area contributed by atoms with E-state index in [1.54, 1.807) is 0 Å². The Labute approximate surface area is 122 Å². The van der Waals surface area contributed by atoms with Crippen molar-refractivity contribution in [1.82, 2.24) is 10.6 Å². The van der Waals surface area contributed by atoms with Crippen molar-refractivity contribution in [3.63, 3.8) is 0 Å². The van der Waals surface area contributed by atoms with Crippen molar-refractivity contribution in [1.29, 1.82) is 0 Å². The van der Waals surface area contributed by atoms with E-state index in [1.165, 1.54) is 0 Å². The molecule has 1 aliphatic rings. The molecule has 1 aromatic rings. The third kappa shape index (κ3) is 3.97. The minimum absolute atomic E-state index is 0. The average Bonchev–Trinajstić information content (AvgIpc) is 2.30. The molecule has 1 saturated heterocycles. The summed E-state index contributed by atoms with van der Waals surface area (Å²) in [5.41, 5.74) is 0.642. The number of carbonyl (C=O) groups is 1. The Morgan fingerprint density at radius 2 is 1.83 bits per heavy atom. The molecule has 5 heteroatoms. The van der Waals surface area contributed by atoms with Crippen LogP contribution in [-0.2, 0) is 0 Å². The highest BCUT2D eigenvalue weighted by molar-refractivity contribution is 9.10. The number of hydrogen-bond acceptors (Lipinski definition) is 2. The Hall–Kier alpha value is -0.580. The van der Waals surface area contributed by atoms with Crippen molar-refractivity contribution in [2.75, 3.05) is 13.1 Å². The highest BCUT2D eigenvalue weighted by Gasteiger charge is 2.28. The molecule has 0 radical (unpaired) electrons. The van der Waals surface area contributed by atoms with Crippen LogP contribution in [0.15, 0.2) is 28.7 Å². The standard InChI is InChI=1S/C13H17BrN2O.ClH/c1-13(6-8-15-9-7-13)16-12(17)10-2-4-11(14)5-3-10;/h2-5,15H,6-9H2,1H3,(H,16,17);1H. The summed E-state index contributed by atoms with van der Waals surface area (Å²) in [5, 5.41) is 6.44. The lowest BCUT2D eigenvalue weighted by Gasteiger charge is -2.35. The molecule has 0 aromatic heterocycles. The van der Waals surface area contributed by atoms with E-state index in [9.17, 15) is 4.79 Å². The molecule has 100 valence electrons. The van der Waals surface area contributed by atoms with E-state index in [4.69, 9.17) is 0 Å². The lowest BCUT2D eigenvalue weighted by atomic mass is 9.90. The van der Waals surface area contributed by atoms with Crippen LogP contribution in [-0.4, -0.2) is 24.5 Å². The van der Waals surface area contributed by atoms with Gasteiger partial charge in [-0.15, -0.1) is 12.4 Å². The second kappa shape index (κ2) is 6.55. The SMILES string of the molecule is CC1(NC(=O)c2ccc(Br)cc2)CCNCC1.Cl. The van der Waals surface area contributed by atoms with Gasteiger partial charge in [0, 0.05) is 15.6 Å². The van der Waals surface area contributed by atoms with Crippen LogP contribution in [0.2, 0.25) is 0 Å². The normalized spacial score (nSPS) is 17.7. The van der Waals surface area contributed by atoms with Crippen LogP contribution < -0.4 is 10.6 Å². The van der Waals surface area contributed by atoms with E-state index in [-0.39, 0.29) is 23.9 Å². The first-order valence-corrected chi connectivity index (χ1v) is 6.67. The Morgan fingerprint density at radius 3 is 2.39 bits per heavy atom. The van der Waals surface area contributed by atoms with E-state index in [0.717, 1.165) is 30.4 Å². The van der Waals surface area contributed by atoms with Gasteiger partial charge in [-0.1, -0.05) is 15.9 Å². The molecule has 2 rings (SSSR count). The van der Waals surface area contributed by atoms with Gasteiger partial charge >= 0.3 is 0 Å². The zero-order chi connectivity index (χ0) is 12.3. The first-order valence-electron chi connectivity index (χ1n) is 5.88. The topological polar surface area (TPSA) is 41.1 Å². The third-order valence-electron chi connectivity index (χ3n) is 3.23. The zero-order valence-electron chi connectivity index (χ0n) is 10.3. The molecule has 0 spiro atoms. The molecule has 0 unspecified atom stereocenters. The third-order valence-corrected chi connectivity index (χ3v) is 3.76. The summed E-state index contributed by atoms with van der Waals surface area (Å²) in [6.45, 7) is 4.05. The van der Waals surface area contributed by atoms with Gasteiger partial charge in [-0.2, -0.15) is 0 Å². The smallest absolute Gasteiger partial charge is 0.251 e. The van der Waals surface area contributed by atoms with Crippen LogP contribution in [0.4, 0.5) is 0 Å². The molecule has 1 amide bonds. The summed E-state index contributed by atoms with van der Waals surface area (Å²) < 4.78 is 0.988. The number of hydrogen-bond donors (Lipinski definition) is 2.